The van der Waals surface area contributed by atoms with Crippen LogP contribution < -0.4 is 5.32 Å². The fourth-order valence-electron chi connectivity index (χ4n) is 3.23. The summed E-state index contributed by atoms with van der Waals surface area (Å²) in [5, 5.41) is 3.82. The number of carbonyl (C=O) groups excluding carboxylic acids is 1. The highest BCUT2D eigenvalue weighted by atomic mass is 32.2. The van der Waals surface area contributed by atoms with E-state index in [1.807, 2.05) is 11.8 Å². The summed E-state index contributed by atoms with van der Waals surface area (Å²) in [6.45, 7) is 1.19. The molecule has 0 aromatic carbocycles. The molecule has 2 rings (SSSR count). The van der Waals surface area contributed by atoms with Crippen LogP contribution in [0.15, 0.2) is 0 Å². The van der Waals surface area contributed by atoms with Crippen molar-refractivity contribution in [1.82, 2.24) is 10.2 Å². The maximum Gasteiger partial charge on any atom is 0.406 e. The van der Waals surface area contributed by atoms with Crippen molar-refractivity contribution in [2.75, 3.05) is 18.8 Å². The van der Waals surface area contributed by atoms with Crippen LogP contribution in [-0.2, 0) is 4.79 Å². The largest absolute Gasteiger partial charge is 0.406 e. The highest BCUT2D eigenvalue weighted by molar-refractivity contribution is 7.99. The van der Waals surface area contributed by atoms with Crippen LogP contribution in [0.25, 0.3) is 0 Å². The van der Waals surface area contributed by atoms with Gasteiger partial charge in [0.15, 0.2) is 0 Å². The van der Waals surface area contributed by atoms with Crippen molar-refractivity contribution in [2.24, 2.45) is 0 Å². The fraction of sp³-hybridized carbons (Fsp3) is 0.929. The van der Waals surface area contributed by atoms with Crippen LogP contribution in [0.5, 0.6) is 0 Å². The Morgan fingerprint density at radius 1 is 1.29 bits per heavy atom. The van der Waals surface area contributed by atoms with Gasteiger partial charge < -0.3 is 10.2 Å². The molecule has 0 aromatic heterocycles. The Labute approximate surface area is 128 Å². The Morgan fingerprint density at radius 3 is 2.67 bits per heavy atom. The Kier molecular flexibility index (Phi) is 5.82. The molecule has 21 heavy (non-hydrogen) atoms. The van der Waals surface area contributed by atoms with Gasteiger partial charge in [-0.3, -0.25) is 4.79 Å². The molecule has 1 aliphatic heterocycles. The SMILES string of the molecule is CCS[C@@H]1CCCC[C@H]1N[C@H]1CCN(CC(F)(F)F)C1=O. The van der Waals surface area contributed by atoms with Crippen molar-refractivity contribution >= 4 is 17.7 Å². The first kappa shape index (κ1) is 16.9. The molecule has 3 atom stereocenters. The molecule has 3 nitrogen and oxygen atoms in total. The van der Waals surface area contributed by atoms with Crippen molar-refractivity contribution in [3.8, 4) is 0 Å². The highest BCUT2D eigenvalue weighted by Crippen LogP contribution is 2.30. The van der Waals surface area contributed by atoms with Gasteiger partial charge in [0.1, 0.15) is 6.54 Å². The van der Waals surface area contributed by atoms with E-state index >= 15 is 0 Å². The number of nitrogens with one attached hydrogen (secondary N) is 1. The average Bonchev–Trinajstić information content (AvgIpc) is 2.72. The van der Waals surface area contributed by atoms with E-state index in [1.165, 1.54) is 6.42 Å². The lowest BCUT2D eigenvalue weighted by molar-refractivity contribution is -0.158. The first-order valence-corrected chi connectivity index (χ1v) is 8.69. The van der Waals surface area contributed by atoms with Gasteiger partial charge in [0.2, 0.25) is 5.91 Å². The molecule has 0 radical (unpaired) electrons. The van der Waals surface area contributed by atoms with Crippen LogP contribution in [-0.4, -0.2) is 53.2 Å². The van der Waals surface area contributed by atoms with Gasteiger partial charge >= 0.3 is 6.18 Å². The number of carbonyl (C=O) groups is 1. The maximum atomic E-state index is 12.4. The zero-order valence-electron chi connectivity index (χ0n) is 12.3. The van der Waals surface area contributed by atoms with Crippen LogP contribution >= 0.6 is 11.8 Å². The second-order valence-electron chi connectivity index (χ2n) is 5.77. The molecule has 1 saturated carbocycles. The third kappa shape index (κ3) is 4.77. The van der Waals surface area contributed by atoms with Crippen molar-refractivity contribution in [1.29, 1.82) is 0 Å². The van der Waals surface area contributed by atoms with Crippen molar-refractivity contribution in [3.63, 3.8) is 0 Å². The normalized spacial score (nSPS) is 31.0. The van der Waals surface area contributed by atoms with Gasteiger partial charge in [0.05, 0.1) is 6.04 Å². The Morgan fingerprint density at radius 2 is 2.00 bits per heavy atom. The van der Waals surface area contributed by atoms with E-state index in [9.17, 15) is 18.0 Å². The number of amides is 1. The van der Waals surface area contributed by atoms with Gasteiger partial charge in [-0.2, -0.15) is 24.9 Å². The summed E-state index contributed by atoms with van der Waals surface area (Å²) in [6, 6.07) is -0.182. The number of halogens is 3. The molecule has 1 heterocycles. The average molecular weight is 324 g/mol. The Bertz CT molecular complexity index is 363. The van der Waals surface area contributed by atoms with Crippen LogP contribution in [0, 0.1) is 0 Å². The second kappa shape index (κ2) is 7.22. The van der Waals surface area contributed by atoms with Crippen LogP contribution in [0.2, 0.25) is 0 Å². The van der Waals surface area contributed by atoms with E-state index in [0.717, 1.165) is 29.9 Å². The topological polar surface area (TPSA) is 32.3 Å². The minimum Gasteiger partial charge on any atom is -0.332 e. The summed E-state index contributed by atoms with van der Waals surface area (Å²) in [5.74, 6) is 0.639. The molecule has 0 unspecified atom stereocenters. The lowest BCUT2D eigenvalue weighted by Crippen LogP contribution is -2.49. The number of hydrogen-bond donors (Lipinski definition) is 1. The molecule has 0 aromatic rings. The first-order chi connectivity index (χ1) is 9.90. The zero-order valence-corrected chi connectivity index (χ0v) is 13.1. The Hall–Kier alpha value is -0.430. The summed E-state index contributed by atoms with van der Waals surface area (Å²) >= 11 is 1.89. The highest BCUT2D eigenvalue weighted by Gasteiger charge is 2.40. The van der Waals surface area contributed by atoms with Gasteiger partial charge in [-0.25, -0.2) is 0 Å². The molecule has 7 heteroatoms. The number of nitrogens with zero attached hydrogens (tertiary/aromatic N) is 1. The molecule has 1 N–H and O–H groups in total. The van der Waals surface area contributed by atoms with E-state index in [-0.39, 0.29) is 12.6 Å². The molecule has 2 fully saturated rings. The van der Waals surface area contributed by atoms with Crippen molar-refractivity contribution in [3.05, 3.63) is 0 Å². The number of alkyl halides is 3. The number of likely N-dealkylation sites (tertiary alicyclic amines) is 1. The quantitative estimate of drug-likeness (QED) is 0.844. The minimum absolute atomic E-state index is 0.203. The smallest absolute Gasteiger partial charge is 0.332 e. The Balaban J connectivity index is 1.89. The summed E-state index contributed by atoms with van der Waals surface area (Å²) < 4.78 is 37.2. The number of thioether (sulfide) groups is 1. The van der Waals surface area contributed by atoms with Gasteiger partial charge in [-0.15, -0.1) is 0 Å². The minimum atomic E-state index is -4.31. The summed E-state index contributed by atoms with van der Waals surface area (Å²) in [6.07, 6.45) is 0.648. The lowest BCUT2D eigenvalue weighted by Gasteiger charge is -2.33. The van der Waals surface area contributed by atoms with Gasteiger partial charge in [0.25, 0.3) is 0 Å². The van der Waals surface area contributed by atoms with E-state index in [2.05, 4.69) is 12.2 Å². The molecule has 1 aliphatic carbocycles. The predicted octanol–water partition coefficient (Wildman–Crippen LogP) is 2.80. The monoisotopic (exact) mass is 324 g/mol. The van der Waals surface area contributed by atoms with Crippen LogP contribution in [0.1, 0.15) is 39.0 Å². The molecule has 1 saturated heterocycles. The third-order valence-electron chi connectivity index (χ3n) is 4.17. The van der Waals surface area contributed by atoms with E-state index in [1.54, 1.807) is 0 Å². The second-order valence-corrected chi connectivity index (χ2v) is 7.28. The maximum absolute atomic E-state index is 12.4. The van der Waals surface area contributed by atoms with Crippen LogP contribution in [0.4, 0.5) is 13.2 Å². The first-order valence-electron chi connectivity index (χ1n) is 7.64. The molecule has 1 amide bonds. The molecule has 0 bridgehead atoms. The molecule has 0 spiro atoms. The van der Waals surface area contributed by atoms with E-state index in [0.29, 0.717) is 11.7 Å². The summed E-state index contributed by atoms with van der Waals surface area (Å²) in [7, 11) is 0. The molecular formula is C14H23F3N2OS. The predicted molar refractivity (Wildman–Crippen MR) is 78.4 cm³/mol. The number of rotatable bonds is 5. The molecular weight excluding hydrogens is 301 g/mol. The van der Waals surface area contributed by atoms with Crippen molar-refractivity contribution < 1.29 is 18.0 Å². The third-order valence-corrected chi connectivity index (χ3v) is 5.49. The molecule has 122 valence electrons. The number of hydrogen-bond acceptors (Lipinski definition) is 3. The standard InChI is InChI=1S/C14H23F3N2OS/c1-2-21-12-6-4-3-5-10(12)18-11-7-8-19(13(11)20)9-14(15,16)17/h10-12,18H,2-9H2,1H3/t10-,11+,12-/m1/s1. The summed E-state index contributed by atoms with van der Waals surface area (Å²) in [5.41, 5.74) is 0. The van der Waals surface area contributed by atoms with E-state index in [4.69, 9.17) is 0 Å². The zero-order chi connectivity index (χ0) is 15.5. The van der Waals surface area contributed by atoms with Gasteiger partial charge in [-0.05, 0) is 25.0 Å². The summed E-state index contributed by atoms with van der Waals surface area (Å²) in [4.78, 5) is 13.0. The lowest BCUT2D eigenvalue weighted by atomic mass is 9.94. The van der Waals surface area contributed by atoms with Gasteiger partial charge in [-0.1, -0.05) is 19.8 Å². The van der Waals surface area contributed by atoms with Crippen molar-refractivity contribution in [2.45, 2.75) is 62.5 Å². The fourth-order valence-corrected chi connectivity index (χ4v) is 4.43. The molecule has 2 aliphatic rings. The van der Waals surface area contributed by atoms with Gasteiger partial charge in [0, 0.05) is 17.8 Å². The van der Waals surface area contributed by atoms with Crippen LogP contribution in [0.3, 0.4) is 0 Å². The van der Waals surface area contributed by atoms with E-state index < -0.39 is 24.7 Å².